The van der Waals surface area contributed by atoms with Crippen LogP contribution in [0.5, 0.6) is 11.5 Å². The molecule has 0 radical (unpaired) electrons. The van der Waals surface area contributed by atoms with Crippen LogP contribution in [-0.4, -0.2) is 24.5 Å². The first-order valence-electron chi connectivity index (χ1n) is 7.55. The molecule has 0 saturated carbocycles. The first-order chi connectivity index (χ1) is 11.7. The van der Waals surface area contributed by atoms with Gasteiger partial charge in [0.25, 0.3) is 0 Å². The molecule has 2 aromatic carbocycles. The minimum absolute atomic E-state index is 0.0505. The van der Waals surface area contributed by atoms with Gasteiger partial charge >= 0.3 is 0 Å². The Labute approximate surface area is 144 Å². The number of methoxy groups -OCH3 is 2. The van der Waals surface area contributed by atoms with E-state index in [-0.39, 0.29) is 5.91 Å². The molecule has 1 amide bonds. The summed E-state index contributed by atoms with van der Waals surface area (Å²) in [5.74, 6) is 1.41. The lowest BCUT2D eigenvalue weighted by molar-refractivity contribution is -0.116. The Balaban J connectivity index is 1.67. The molecule has 0 spiro atoms. The fourth-order valence-electron chi connectivity index (χ4n) is 2.59. The molecule has 1 heterocycles. The van der Waals surface area contributed by atoms with Gasteiger partial charge < -0.3 is 14.8 Å². The molecule has 5 nitrogen and oxygen atoms in total. The Hall–Kier alpha value is -2.60. The molecular formula is C18H18N2O3S. The van der Waals surface area contributed by atoms with E-state index in [0.29, 0.717) is 12.8 Å². The number of nitrogens with one attached hydrogen (secondary N) is 1. The topological polar surface area (TPSA) is 60.5 Å². The summed E-state index contributed by atoms with van der Waals surface area (Å²) < 4.78 is 16.0. The zero-order valence-corrected chi connectivity index (χ0v) is 14.4. The summed E-state index contributed by atoms with van der Waals surface area (Å²) in [7, 11) is 3.23. The second-order valence-electron chi connectivity index (χ2n) is 5.27. The fourth-order valence-corrected chi connectivity index (χ4v) is 3.21. The number of anilines is 1. The van der Waals surface area contributed by atoms with Gasteiger partial charge in [-0.2, -0.15) is 4.37 Å². The second kappa shape index (κ2) is 7.31. The third kappa shape index (κ3) is 3.49. The van der Waals surface area contributed by atoms with Gasteiger partial charge in [-0.1, -0.05) is 6.07 Å². The van der Waals surface area contributed by atoms with Crippen molar-refractivity contribution in [1.29, 1.82) is 0 Å². The zero-order chi connectivity index (χ0) is 16.9. The third-order valence-corrected chi connectivity index (χ3v) is 4.55. The number of benzene rings is 2. The Kier molecular flexibility index (Phi) is 4.96. The lowest BCUT2D eigenvalue weighted by atomic mass is 10.1. The first-order valence-corrected chi connectivity index (χ1v) is 8.32. The van der Waals surface area contributed by atoms with Crippen molar-refractivity contribution >= 4 is 33.2 Å². The summed E-state index contributed by atoms with van der Waals surface area (Å²) in [6.07, 6.45) is 2.69. The minimum atomic E-state index is -0.0505. The quantitative estimate of drug-likeness (QED) is 0.738. The highest BCUT2D eigenvalue weighted by atomic mass is 32.1. The Morgan fingerprint density at radius 1 is 1.17 bits per heavy atom. The van der Waals surface area contributed by atoms with Crippen LogP contribution >= 0.6 is 11.5 Å². The summed E-state index contributed by atoms with van der Waals surface area (Å²) in [5.41, 5.74) is 1.68. The van der Waals surface area contributed by atoms with Crippen molar-refractivity contribution in [3.8, 4) is 11.5 Å². The van der Waals surface area contributed by atoms with Crippen LogP contribution in [0.25, 0.3) is 10.1 Å². The van der Waals surface area contributed by atoms with Gasteiger partial charge in [0.05, 0.1) is 18.9 Å². The maximum absolute atomic E-state index is 12.3. The summed E-state index contributed by atoms with van der Waals surface area (Å²) in [6.45, 7) is 0. The summed E-state index contributed by atoms with van der Waals surface area (Å²) in [6, 6.07) is 11.4. The van der Waals surface area contributed by atoms with E-state index < -0.39 is 0 Å². The third-order valence-electron chi connectivity index (χ3n) is 3.77. The number of rotatable bonds is 6. The number of nitrogens with zero attached hydrogens (tertiary/aromatic N) is 1. The summed E-state index contributed by atoms with van der Waals surface area (Å²) in [5, 5.41) is 3.96. The number of carbonyl (C=O) groups is 1. The molecule has 124 valence electrons. The van der Waals surface area contributed by atoms with Crippen molar-refractivity contribution in [2.45, 2.75) is 12.8 Å². The van der Waals surface area contributed by atoms with Crippen molar-refractivity contribution in [2.75, 3.05) is 19.5 Å². The van der Waals surface area contributed by atoms with E-state index in [2.05, 4.69) is 9.69 Å². The minimum Gasteiger partial charge on any atom is -0.496 e. The van der Waals surface area contributed by atoms with Crippen molar-refractivity contribution < 1.29 is 14.3 Å². The molecule has 1 aromatic heterocycles. The summed E-state index contributed by atoms with van der Waals surface area (Å²) in [4.78, 5) is 12.3. The van der Waals surface area contributed by atoms with E-state index in [1.54, 1.807) is 20.4 Å². The summed E-state index contributed by atoms with van der Waals surface area (Å²) >= 11 is 1.44. The van der Waals surface area contributed by atoms with Crippen LogP contribution < -0.4 is 14.8 Å². The Morgan fingerprint density at radius 3 is 2.62 bits per heavy atom. The van der Waals surface area contributed by atoms with Gasteiger partial charge in [0, 0.05) is 29.3 Å². The average molecular weight is 342 g/mol. The maximum Gasteiger partial charge on any atom is 0.224 e. The molecule has 3 aromatic rings. The molecule has 0 fully saturated rings. The number of fused-ring (bicyclic) bond motifs is 1. The van der Waals surface area contributed by atoms with Crippen LogP contribution in [0, 0.1) is 0 Å². The van der Waals surface area contributed by atoms with Gasteiger partial charge in [-0.15, -0.1) is 0 Å². The molecule has 1 N–H and O–H groups in total. The average Bonchev–Trinajstić information content (AvgIpc) is 3.07. The standard InChI is InChI=1S/C18H18N2O3S/c1-22-15-4-3-5-16(23-2)14(15)7-9-18(21)20-13-6-8-17-12(10-13)11-19-24-17/h3-6,8,10-11H,7,9H2,1-2H3,(H,20,21). The highest BCUT2D eigenvalue weighted by Crippen LogP contribution is 2.29. The predicted molar refractivity (Wildman–Crippen MR) is 96.1 cm³/mol. The molecule has 0 aliphatic rings. The normalized spacial score (nSPS) is 10.6. The van der Waals surface area contributed by atoms with Crippen molar-refractivity contribution in [3.05, 3.63) is 48.2 Å². The number of aromatic nitrogens is 1. The monoisotopic (exact) mass is 342 g/mol. The zero-order valence-electron chi connectivity index (χ0n) is 13.5. The van der Waals surface area contributed by atoms with Gasteiger partial charge in [0.2, 0.25) is 5.91 Å². The molecule has 0 atom stereocenters. The van der Waals surface area contributed by atoms with Gasteiger partial charge in [0.1, 0.15) is 11.5 Å². The molecule has 24 heavy (non-hydrogen) atoms. The number of hydrogen-bond donors (Lipinski definition) is 1. The largest absolute Gasteiger partial charge is 0.496 e. The number of amides is 1. The van der Waals surface area contributed by atoms with E-state index in [9.17, 15) is 4.79 Å². The van der Waals surface area contributed by atoms with E-state index in [1.165, 1.54) is 11.5 Å². The van der Waals surface area contributed by atoms with Crippen molar-refractivity contribution in [3.63, 3.8) is 0 Å². The molecule has 0 unspecified atom stereocenters. The molecule has 3 rings (SSSR count). The molecule has 0 aliphatic carbocycles. The Bertz CT molecular complexity index is 838. The number of hydrogen-bond acceptors (Lipinski definition) is 5. The van der Waals surface area contributed by atoms with Crippen LogP contribution in [0.15, 0.2) is 42.6 Å². The molecule has 0 bridgehead atoms. The van der Waals surface area contributed by atoms with E-state index in [0.717, 1.165) is 32.8 Å². The highest BCUT2D eigenvalue weighted by Gasteiger charge is 2.12. The van der Waals surface area contributed by atoms with Crippen molar-refractivity contribution in [2.24, 2.45) is 0 Å². The highest BCUT2D eigenvalue weighted by molar-refractivity contribution is 7.13. The molecular weight excluding hydrogens is 324 g/mol. The SMILES string of the molecule is COc1cccc(OC)c1CCC(=O)Nc1ccc2sncc2c1. The van der Waals surface area contributed by atoms with E-state index >= 15 is 0 Å². The van der Waals surface area contributed by atoms with Crippen molar-refractivity contribution in [1.82, 2.24) is 4.37 Å². The van der Waals surface area contributed by atoms with Gasteiger partial charge in [-0.3, -0.25) is 4.79 Å². The van der Waals surface area contributed by atoms with Gasteiger partial charge in [0.15, 0.2) is 0 Å². The van der Waals surface area contributed by atoms with E-state index in [4.69, 9.17) is 9.47 Å². The lowest BCUT2D eigenvalue weighted by Gasteiger charge is -2.13. The predicted octanol–water partition coefficient (Wildman–Crippen LogP) is 3.88. The second-order valence-corrected chi connectivity index (χ2v) is 6.10. The molecule has 6 heteroatoms. The maximum atomic E-state index is 12.3. The van der Waals surface area contributed by atoms with Crippen LogP contribution in [0.4, 0.5) is 5.69 Å². The number of carbonyl (C=O) groups excluding carboxylic acids is 1. The van der Waals surface area contributed by atoms with E-state index in [1.807, 2.05) is 36.4 Å². The lowest BCUT2D eigenvalue weighted by Crippen LogP contribution is -2.12. The van der Waals surface area contributed by atoms with Crippen LogP contribution in [0.1, 0.15) is 12.0 Å². The number of ether oxygens (including phenoxy) is 2. The first kappa shape index (κ1) is 16.3. The van der Waals surface area contributed by atoms with Crippen LogP contribution in [-0.2, 0) is 11.2 Å². The van der Waals surface area contributed by atoms with Crippen LogP contribution in [0.3, 0.4) is 0 Å². The Morgan fingerprint density at radius 2 is 1.92 bits per heavy atom. The van der Waals surface area contributed by atoms with Gasteiger partial charge in [-0.05, 0) is 48.3 Å². The van der Waals surface area contributed by atoms with Crippen LogP contribution in [0.2, 0.25) is 0 Å². The van der Waals surface area contributed by atoms with Gasteiger partial charge in [-0.25, -0.2) is 0 Å². The fraction of sp³-hybridized carbons (Fsp3) is 0.222. The molecule has 0 saturated heterocycles. The smallest absolute Gasteiger partial charge is 0.224 e. The molecule has 0 aliphatic heterocycles.